The Kier molecular flexibility index (Phi) is 4.99. The highest BCUT2D eigenvalue weighted by Crippen LogP contribution is 2.37. The van der Waals surface area contributed by atoms with Gasteiger partial charge in [-0.3, -0.25) is 4.79 Å². The van der Waals surface area contributed by atoms with E-state index in [1.54, 1.807) is 28.9 Å². The van der Waals surface area contributed by atoms with Crippen molar-refractivity contribution in [3.8, 4) is 0 Å². The first kappa shape index (κ1) is 18.8. The number of nitrogens with zero attached hydrogens (tertiary/aromatic N) is 3. The molecule has 0 fully saturated rings. The van der Waals surface area contributed by atoms with Gasteiger partial charge < -0.3 is 10.7 Å². The van der Waals surface area contributed by atoms with E-state index >= 15 is 0 Å². The second-order valence-corrected chi connectivity index (χ2v) is 8.03. The van der Waals surface area contributed by atoms with E-state index in [2.05, 4.69) is 20.9 Å². The van der Waals surface area contributed by atoms with Crippen LogP contribution in [0.15, 0.2) is 47.6 Å². The van der Waals surface area contributed by atoms with E-state index in [0.717, 1.165) is 11.1 Å². The molecule has 1 aliphatic heterocycles. The lowest BCUT2D eigenvalue weighted by Crippen LogP contribution is -2.41. The van der Waals surface area contributed by atoms with Gasteiger partial charge in [-0.15, -0.1) is 10.2 Å². The zero-order valence-electron chi connectivity index (χ0n) is 15.1. The Hall–Kier alpha value is -2.58. The molecule has 2 N–H and O–H groups in total. The lowest BCUT2D eigenvalue weighted by Gasteiger charge is -2.32. The lowest BCUT2D eigenvalue weighted by atomic mass is 10.0. The maximum absolute atomic E-state index is 13.4. The van der Waals surface area contributed by atoms with Crippen molar-refractivity contribution in [2.24, 2.45) is 0 Å². The van der Waals surface area contributed by atoms with Gasteiger partial charge in [0, 0.05) is 10.7 Å². The first-order chi connectivity index (χ1) is 13.4. The monoisotopic (exact) mass is 417 g/mol. The molecule has 3 aromatic rings. The molecule has 1 aromatic heterocycles. The van der Waals surface area contributed by atoms with Gasteiger partial charge >= 0.3 is 0 Å². The third-order valence-electron chi connectivity index (χ3n) is 4.53. The Balaban J connectivity index is 1.65. The number of carbonyl (C=O) groups excluding carboxylic acids is 1. The van der Waals surface area contributed by atoms with Crippen molar-refractivity contribution in [3.63, 3.8) is 0 Å². The van der Waals surface area contributed by atoms with E-state index < -0.39 is 11.3 Å². The van der Waals surface area contributed by atoms with Crippen molar-refractivity contribution in [1.82, 2.24) is 14.9 Å². The largest absolute Gasteiger partial charge is 0.325 e. The Morgan fingerprint density at radius 2 is 1.96 bits per heavy atom. The first-order valence-corrected chi connectivity index (χ1v) is 9.86. The maximum atomic E-state index is 13.4. The van der Waals surface area contributed by atoms with Crippen LogP contribution in [0.4, 0.5) is 10.1 Å². The topological polar surface area (TPSA) is 71.8 Å². The smallest absolute Gasteiger partial charge is 0.240 e. The summed E-state index contributed by atoms with van der Waals surface area (Å²) in [6, 6.07) is 11.1. The van der Waals surface area contributed by atoms with Gasteiger partial charge in [-0.25, -0.2) is 9.07 Å². The van der Waals surface area contributed by atoms with Crippen molar-refractivity contribution in [3.05, 3.63) is 70.3 Å². The highest BCUT2D eigenvalue weighted by molar-refractivity contribution is 8.00. The SMILES string of the molecule is Cc1ccc(NC(=O)C2Sc3nnc(C)n3NC2c2ccc(F)cc2)cc1Cl. The fourth-order valence-corrected chi connectivity index (χ4v) is 4.27. The minimum Gasteiger partial charge on any atom is -0.325 e. The van der Waals surface area contributed by atoms with Gasteiger partial charge in [0.2, 0.25) is 11.1 Å². The summed E-state index contributed by atoms with van der Waals surface area (Å²) in [6.45, 7) is 3.72. The van der Waals surface area contributed by atoms with Crippen LogP contribution in [0.3, 0.4) is 0 Å². The Labute approximate surface area is 170 Å². The summed E-state index contributed by atoms with van der Waals surface area (Å²) in [5.41, 5.74) is 5.61. The highest BCUT2D eigenvalue weighted by atomic mass is 35.5. The Morgan fingerprint density at radius 3 is 2.68 bits per heavy atom. The molecule has 2 aromatic carbocycles. The zero-order chi connectivity index (χ0) is 19.8. The van der Waals surface area contributed by atoms with Crippen molar-refractivity contribution >= 4 is 35.0 Å². The minimum atomic E-state index is -0.540. The van der Waals surface area contributed by atoms with Crippen molar-refractivity contribution < 1.29 is 9.18 Å². The van der Waals surface area contributed by atoms with E-state index in [9.17, 15) is 9.18 Å². The van der Waals surface area contributed by atoms with Crippen molar-refractivity contribution in [2.45, 2.75) is 30.3 Å². The molecule has 2 atom stereocenters. The van der Waals surface area contributed by atoms with E-state index in [0.29, 0.717) is 21.7 Å². The molecule has 9 heteroatoms. The lowest BCUT2D eigenvalue weighted by molar-refractivity contribution is -0.116. The number of amides is 1. The van der Waals surface area contributed by atoms with Gasteiger partial charge in [-0.05, 0) is 49.2 Å². The third kappa shape index (κ3) is 3.57. The van der Waals surface area contributed by atoms with Crippen LogP contribution in [0.2, 0.25) is 5.02 Å². The quantitative estimate of drug-likeness (QED) is 0.671. The number of halogens is 2. The number of aromatic nitrogens is 3. The second kappa shape index (κ2) is 7.44. The van der Waals surface area contributed by atoms with Crippen LogP contribution in [0.5, 0.6) is 0 Å². The summed E-state index contributed by atoms with van der Waals surface area (Å²) in [5.74, 6) is 0.140. The predicted molar refractivity (Wildman–Crippen MR) is 108 cm³/mol. The molecule has 1 aliphatic rings. The Bertz CT molecular complexity index is 1040. The fourth-order valence-electron chi connectivity index (χ4n) is 2.96. The number of aryl methyl sites for hydroxylation is 2. The molecule has 2 unspecified atom stereocenters. The van der Waals surface area contributed by atoms with Gasteiger partial charge in [0.05, 0.1) is 6.04 Å². The van der Waals surface area contributed by atoms with Gasteiger partial charge in [-0.1, -0.05) is 41.6 Å². The maximum Gasteiger partial charge on any atom is 0.240 e. The summed E-state index contributed by atoms with van der Waals surface area (Å²) < 4.78 is 15.1. The molecule has 0 radical (unpaired) electrons. The zero-order valence-corrected chi connectivity index (χ0v) is 16.7. The molecule has 144 valence electrons. The number of hydrogen-bond donors (Lipinski definition) is 2. The normalized spacial score (nSPS) is 18.3. The number of fused-ring (bicyclic) bond motifs is 1. The van der Waals surface area contributed by atoms with Gasteiger partial charge in [0.15, 0.2) is 0 Å². The number of hydrogen-bond acceptors (Lipinski definition) is 5. The molecular formula is C19H17ClFN5OS. The average molecular weight is 418 g/mol. The molecule has 0 saturated carbocycles. The summed E-state index contributed by atoms with van der Waals surface area (Å²) in [4.78, 5) is 13.1. The first-order valence-electron chi connectivity index (χ1n) is 8.60. The summed E-state index contributed by atoms with van der Waals surface area (Å²) >= 11 is 7.47. The van der Waals surface area contributed by atoms with Crippen molar-refractivity contribution in [1.29, 1.82) is 0 Å². The molecule has 0 bridgehead atoms. The highest BCUT2D eigenvalue weighted by Gasteiger charge is 2.37. The van der Waals surface area contributed by atoms with Crippen LogP contribution < -0.4 is 10.7 Å². The third-order valence-corrected chi connectivity index (χ3v) is 6.15. The molecule has 28 heavy (non-hydrogen) atoms. The molecule has 0 saturated heterocycles. The number of carbonyl (C=O) groups is 1. The summed E-state index contributed by atoms with van der Waals surface area (Å²) in [7, 11) is 0. The molecule has 4 rings (SSSR count). The van der Waals surface area contributed by atoms with E-state index in [4.69, 9.17) is 11.6 Å². The van der Waals surface area contributed by atoms with Crippen LogP contribution in [0.25, 0.3) is 0 Å². The molecule has 6 nitrogen and oxygen atoms in total. The number of anilines is 1. The molecule has 0 aliphatic carbocycles. The average Bonchev–Trinajstić information content (AvgIpc) is 3.04. The standard InChI is InChI=1S/C19H17ClFN5OS/c1-10-3-8-14(9-15(10)20)22-18(27)17-16(12-4-6-13(21)7-5-12)25-26-11(2)23-24-19(26)28-17/h3-9,16-17,25H,1-2H3,(H,22,27). The summed E-state index contributed by atoms with van der Waals surface area (Å²) in [6.07, 6.45) is 0. The van der Waals surface area contributed by atoms with Gasteiger partial charge in [0.1, 0.15) is 16.9 Å². The molecule has 2 heterocycles. The Morgan fingerprint density at radius 1 is 1.21 bits per heavy atom. The number of nitrogens with one attached hydrogen (secondary N) is 2. The van der Waals surface area contributed by atoms with Crippen molar-refractivity contribution in [2.75, 3.05) is 10.7 Å². The number of thioether (sulfide) groups is 1. The molecule has 1 amide bonds. The number of rotatable bonds is 3. The second-order valence-electron chi connectivity index (χ2n) is 6.52. The summed E-state index contributed by atoms with van der Waals surface area (Å²) in [5, 5.41) is 11.7. The number of benzene rings is 2. The molecular weight excluding hydrogens is 401 g/mol. The predicted octanol–water partition coefficient (Wildman–Crippen LogP) is 4.09. The molecule has 0 spiro atoms. The van der Waals surface area contributed by atoms with Gasteiger partial charge in [0.25, 0.3) is 0 Å². The van der Waals surface area contributed by atoms with E-state index in [1.807, 2.05) is 19.9 Å². The van der Waals surface area contributed by atoms with E-state index in [-0.39, 0.29) is 11.7 Å². The van der Waals surface area contributed by atoms with Crippen LogP contribution in [-0.4, -0.2) is 26.0 Å². The van der Waals surface area contributed by atoms with Crippen LogP contribution in [0.1, 0.15) is 23.0 Å². The van der Waals surface area contributed by atoms with Gasteiger partial charge in [-0.2, -0.15) is 0 Å². The van der Waals surface area contributed by atoms with Crippen LogP contribution >= 0.6 is 23.4 Å². The fraction of sp³-hybridized carbons (Fsp3) is 0.211. The van der Waals surface area contributed by atoms with Crippen LogP contribution in [-0.2, 0) is 4.79 Å². The minimum absolute atomic E-state index is 0.210. The van der Waals surface area contributed by atoms with E-state index in [1.165, 1.54) is 23.9 Å². The van der Waals surface area contributed by atoms with Crippen LogP contribution in [0, 0.1) is 19.7 Å².